The second-order valence-electron chi connectivity index (χ2n) is 5.08. The molecule has 8 heteroatoms. The van der Waals surface area contributed by atoms with Gasteiger partial charge in [-0.05, 0) is 33.6 Å². The first kappa shape index (κ1) is 19.3. The number of nitrogens with zero attached hydrogens (tertiary/aromatic N) is 1. The Bertz CT molecular complexity index is 698. The molecule has 2 rings (SSSR count). The van der Waals surface area contributed by atoms with Crippen LogP contribution in [0.5, 0.6) is 0 Å². The van der Waals surface area contributed by atoms with Crippen LogP contribution in [0.25, 0.3) is 0 Å². The van der Waals surface area contributed by atoms with Crippen LogP contribution in [0.1, 0.15) is 11.3 Å². The van der Waals surface area contributed by atoms with Gasteiger partial charge in [0.2, 0.25) is 0 Å². The minimum atomic E-state index is -1.10. The zero-order valence-corrected chi connectivity index (χ0v) is 15.6. The Morgan fingerprint density at radius 1 is 1.24 bits per heavy atom. The van der Waals surface area contributed by atoms with Gasteiger partial charge in [-0.25, -0.2) is 9.59 Å². The van der Waals surface area contributed by atoms with Crippen molar-refractivity contribution in [3.8, 4) is 0 Å². The van der Waals surface area contributed by atoms with Gasteiger partial charge in [0.05, 0.1) is 5.69 Å². The van der Waals surface area contributed by atoms with E-state index in [1.165, 1.54) is 11.8 Å². The summed E-state index contributed by atoms with van der Waals surface area (Å²) in [5.74, 6) is -0.335. The van der Waals surface area contributed by atoms with Crippen molar-refractivity contribution in [2.75, 3.05) is 5.75 Å². The van der Waals surface area contributed by atoms with Crippen LogP contribution in [0.4, 0.5) is 4.79 Å². The fourth-order valence-electron chi connectivity index (χ4n) is 1.85. The molecule has 0 bridgehead atoms. The Labute approximate surface area is 158 Å². The molecule has 132 valence electrons. The van der Waals surface area contributed by atoms with E-state index in [2.05, 4.69) is 26.2 Å². The molecule has 2 N–H and O–H groups in total. The number of halogens is 1. The number of aliphatic carboxylic acids is 1. The lowest BCUT2D eigenvalue weighted by Gasteiger charge is -2.14. The van der Waals surface area contributed by atoms with E-state index in [-0.39, 0.29) is 12.4 Å². The Kier molecular flexibility index (Phi) is 7.75. The van der Waals surface area contributed by atoms with Gasteiger partial charge < -0.3 is 15.2 Å². The summed E-state index contributed by atoms with van der Waals surface area (Å²) in [7, 11) is 0. The van der Waals surface area contributed by atoms with Gasteiger partial charge in [-0.15, -0.1) is 0 Å². The number of ether oxygens (including phenoxy) is 1. The molecule has 0 aliphatic heterocycles. The molecule has 1 aromatic carbocycles. The molecular formula is C17H17BrN2O4S. The number of alkyl carbamates (subject to hydrolysis) is 1. The van der Waals surface area contributed by atoms with Crippen molar-refractivity contribution in [1.82, 2.24) is 10.3 Å². The Morgan fingerprint density at radius 2 is 2.00 bits per heavy atom. The number of hydrogen-bond acceptors (Lipinski definition) is 5. The molecule has 0 aliphatic rings. The first-order valence-corrected chi connectivity index (χ1v) is 9.37. The molecule has 1 amide bonds. The molecule has 25 heavy (non-hydrogen) atoms. The maximum atomic E-state index is 11.8. The highest BCUT2D eigenvalue weighted by Crippen LogP contribution is 2.14. The van der Waals surface area contributed by atoms with Gasteiger partial charge in [-0.3, -0.25) is 4.98 Å². The van der Waals surface area contributed by atoms with Gasteiger partial charge in [-0.1, -0.05) is 30.3 Å². The molecule has 0 fully saturated rings. The van der Waals surface area contributed by atoms with Crippen molar-refractivity contribution >= 4 is 39.8 Å². The molecule has 6 nitrogen and oxygen atoms in total. The van der Waals surface area contributed by atoms with Crippen LogP contribution in [-0.4, -0.2) is 33.9 Å². The summed E-state index contributed by atoms with van der Waals surface area (Å²) in [4.78, 5) is 27.3. The number of benzene rings is 1. The Balaban J connectivity index is 1.76. The van der Waals surface area contributed by atoms with Crippen molar-refractivity contribution in [1.29, 1.82) is 0 Å². The van der Waals surface area contributed by atoms with Crippen molar-refractivity contribution in [2.45, 2.75) is 18.4 Å². The number of rotatable bonds is 8. The summed E-state index contributed by atoms with van der Waals surface area (Å²) in [6, 6.07) is 11.9. The molecule has 0 spiro atoms. The van der Waals surface area contributed by atoms with E-state index < -0.39 is 18.1 Å². The Hall–Kier alpha value is -2.06. The summed E-state index contributed by atoms with van der Waals surface area (Å²) >= 11 is 4.68. The second-order valence-corrected chi connectivity index (χ2v) is 7.03. The predicted molar refractivity (Wildman–Crippen MR) is 99.3 cm³/mol. The maximum Gasteiger partial charge on any atom is 0.408 e. The molecule has 1 atom stereocenters. The lowest BCUT2D eigenvalue weighted by Crippen LogP contribution is -2.42. The van der Waals surface area contributed by atoms with Gasteiger partial charge in [0.1, 0.15) is 12.6 Å². The van der Waals surface area contributed by atoms with E-state index >= 15 is 0 Å². The molecule has 0 aliphatic carbocycles. The highest BCUT2D eigenvalue weighted by atomic mass is 79.9. The number of carbonyl (C=O) groups excluding carboxylic acids is 1. The zero-order chi connectivity index (χ0) is 18.1. The normalized spacial score (nSPS) is 11.6. The number of hydrogen-bond donors (Lipinski definition) is 2. The molecule has 2 aromatic rings. The minimum Gasteiger partial charge on any atom is -0.480 e. The van der Waals surface area contributed by atoms with Crippen molar-refractivity contribution < 1.29 is 19.4 Å². The fourth-order valence-corrected chi connectivity index (χ4v) is 3.05. The molecule has 1 heterocycles. The Morgan fingerprint density at radius 3 is 2.64 bits per heavy atom. The van der Waals surface area contributed by atoms with Crippen LogP contribution in [0.3, 0.4) is 0 Å². The molecular weight excluding hydrogens is 408 g/mol. The van der Waals surface area contributed by atoms with Crippen LogP contribution in [0.15, 0.2) is 53.1 Å². The van der Waals surface area contributed by atoms with Gasteiger partial charge >= 0.3 is 12.1 Å². The number of carboxylic acids is 1. The van der Waals surface area contributed by atoms with Crippen LogP contribution in [-0.2, 0) is 21.9 Å². The van der Waals surface area contributed by atoms with Gasteiger partial charge in [0.15, 0.2) is 0 Å². The summed E-state index contributed by atoms with van der Waals surface area (Å²) in [5.41, 5.74) is 1.67. The van der Waals surface area contributed by atoms with E-state index in [0.717, 1.165) is 15.7 Å². The van der Waals surface area contributed by atoms with Crippen molar-refractivity contribution in [3.63, 3.8) is 0 Å². The summed E-state index contributed by atoms with van der Waals surface area (Å²) < 4.78 is 5.93. The average Bonchev–Trinajstić information content (AvgIpc) is 2.61. The van der Waals surface area contributed by atoms with Crippen LogP contribution < -0.4 is 5.32 Å². The third-order valence-electron chi connectivity index (χ3n) is 3.13. The molecule has 0 saturated heterocycles. The third kappa shape index (κ3) is 7.15. The average molecular weight is 425 g/mol. The fraction of sp³-hybridized carbons (Fsp3) is 0.235. The van der Waals surface area contributed by atoms with E-state index in [1.807, 2.05) is 42.5 Å². The van der Waals surface area contributed by atoms with E-state index in [0.29, 0.717) is 5.75 Å². The SMILES string of the molecule is O=C(NC(CSCc1ccc(Br)cn1)C(=O)O)OCc1ccccc1. The zero-order valence-electron chi connectivity index (χ0n) is 13.2. The first-order valence-electron chi connectivity index (χ1n) is 7.43. The van der Waals surface area contributed by atoms with E-state index in [1.54, 1.807) is 6.20 Å². The number of nitrogens with one attached hydrogen (secondary N) is 1. The van der Waals surface area contributed by atoms with Gasteiger partial charge in [0.25, 0.3) is 0 Å². The van der Waals surface area contributed by atoms with Gasteiger partial charge in [0, 0.05) is 22.2 Å². The summed E-state index contributed by atoms with van der Waals surface area (Å²) in [5, 5.41) is 11.6. The lowest BCUT2D eigenvalue weighted by atomic mass is 10.2. The highest BCUT2D eigenvalue weighted by Gasteiger charge is 2.20. The predicted octanol–water partition coefficient (Wildman–Crippen LogP) is 3.46. The second kappa shape index (κ2) is 10.0. The number of thioether (sulfide) groups is 1. The van der Waals surface area contributed by atoms with Crippen LogP contribution >= 0.6 is 27.7 Å². The molecule has 0 saturated carbocycles. The molecule has 0 radical (unpaired) electrons. The quantitative estimate of drug-likeness (QED) is 0.674. The van der Waals surface area contributed by atoms with Crippen molar-refractivity contribution in [2.24, 2.45) is 0 Å². The smallest absolute Gasteiger partial charge is 0.408 e. The van der Waals surface area contributed by atoms with Crippen LogP contribution in [0.2, 0.25) is 0 Å². The first-order chi connectivity index (χ1) is 12.0. The van der Waals surface area contributed by atoms with Crippen molar-refractivity contribution in [3.05, 3.63) is 64.4 Å². The van der Waals surface area contributed by atoms with E-state index in [4.69, 9.17) is 4.74 Å². The number of amides is 1. The van der Waals surface area contributed by atoms with E-state index in [9.17, 15) is 14.7 Å². The summed E-state index contributed by atoms with van der Waals surface area (Å²) in [6.45, 7) is 0.0922. The minimum absolute atomic E-state index is 0.0922. The standard InChI is InChI=1S/C17H17BrN2O4S/c18-13-6-7-14(19-8-13)10-25-11-15(16(21)22)20-17(23)24-9-12-4-2-1-3-5-12/h1-8,15H,9-11H2,(H,20,23)(H,21,22). The third-order valence-corrected chi connectivity index (χ3v) is 4.66. The monoisotopic (exact) mass is 424 g/mol. The number of pyridine rings is 1. The van der Waals surface area contributed by atoms with Gasteiger partial charge in [-0.2, -0.15) is 11.8 Å². The largest absolute Gasteiger partial charge is 0.480 e. The number of carboxylic acid groups (broad SMARTS) is 1. The topological polar surface area (TPSA) is 88.5 Å². The summed E-state index contributed by atoms with van der Waals surface area (Å²) in [6.07, 6.45) is 0.933. The number of carbonyl (C=O) groups is 2. The molecule has 1 unspecified atom stereocenters. The lowest BCUT2D eigenvalue weighted by molar-refractivity contribution is -0.138. The van der Waals surface area contributed by atoms with Crippen LogP contribution in [0, 0.1) is 0 Å². The molecule has 1 aromatic heterocycles. The maximum absolute atomic E-state index is 11.8. The highest BCUT2D eigenvalue weighted by molar-refractivity contribution is 9.10. The number of aromatic nitrogens is 1.